The van der Waals surface area contributed by atoms with E-state index in [0.29, 0.717) is 5.56 Å². The predicted octanol–water partition coefficient (Wildman–Crippen LogP) is 3.03. The Kier molecular flexibility index (Phi) is 3.63. The molecule has 22 heavy (non-hydrogen) atoms. The van der Waals surface area contributed by atoms with Crippen molar-refractivity contribution in [2.45, 2.75) is 0 Å². The quantitative estimate of drug-likeness (QED) is 0.695. The van der Waals surface area contributed by atoms with Gasteiger partial charge in [-0.05, 0) is 36.4 Å². The Balaban J connectivity index is 1.83. The van der Waals surface area contributed by atoms with Crippen LogP contribution >= 0.6 is 0 Å². The third kappa shape index (κ3) is 2.57. The number of benzene rings is 2. The highest BCUT2D eigenvalue weighted by atomic mass is 19.1. The van der Waals surface area contributed by atoms with Gasteiger partial charge in [-0.1, -0.05) is 12.1 Å². The average Bonchev–Trinajstić information content (AvgIpc) is 2.85. The van der Waals surface area contributed by atoms with Crippen LogP contribution in [0.5, 0.6) is 0 Å². The number of hydrogen-bond donors (Lipinski definition) is 0. The van der Waals surface area contributed by atoms with Gasteiger partial charge in [0.05, 0.1) is 17.6 Å². The van der Waals surface area contributed by atoms with Crippen LogP contribution in [-0.2, 0) is 7.05 Å². The Morgan fingerprint density at radius 3 is 2.55 bits per heavy atom. The van der Waals surface area contributed by atoms with Gasteiger partial charge in [-0.2, -0.15) is 0 Å². The number of fused-ring (bicyclic) bond motifs is 1. The Morgan fingerprint density at radius 2 is 1.86 bits per heavy atom. The van der Waals surface area contributed by atoms with Crippen LogP contribution in [0.1, 0.15) is 10.4 Å². The minimum Gasteiger partial charge on any atom is -0.338 e. The van der Waals surface area contributed by atoms with Crippen molar-refractivity contribution in [3.63, 3.8) is 0 Å². The molecule has 0 aliphatic heterocycles. The topological polar surface area (TPSA) is 38.1 Å². The Hall–Kier alpha value is -2.69. The van der Waals surface area contributed by atoms with Gasteiger partial charge >= 0.3 is 0 Å². The predicted molar refractivity (Wildman–Crippen MR) is 84.7 cm³/mol. The number of para-hydroxylation sites is 2. The molecule has 0 unspecified atom stereocenters. The molecule has 2 aromatic carbocycles. The van der Waals surface area contributed by atoms with Gasteiger partial charge in [-0.3, -0.25) is 4.79 Å². The molecule has 0 bridgehead atoms. The van der Waals surface area contributed by atoms with E-state index in [1.165, 1.54) is 24.3 Å². The number of halogens is 1. The van der Waals surface area contributed by atoms with E-state index >= 15 is 0 Å². The highest BCUT2D eigenvalue weighted by molar-refractivity contribution is 5.99. The van der Waals surface area contributed by atoms with E-state index in [0.717, 1.165) is 17.0 Å². The molecule has 0 atom stereocenters. The van der Waals surface area contributed by atoms with Crippen LogP contribution in [-0.4, -0.2) is 28.9 Å². The third-order valence-corrected chi connectivity index (χ3v) is 3.65. The maximum Gasteiger partial charge on any atom is 0.206 e. The number of imidazole rings is 1. The number of aryl methyl sites for hydroxylation is 1. The highest BCUT2D eigenvalue weighted by Gasteiger charge is 2.15. The molecule has 0 spiro atoms. The summed E-state index contributed by atoms with van der Waals surface area (Å²) in [6.07, 6.45) is 0. The van der Waals surface area contributed by atoms with Crippen molar-refractivity contribution in [1.82, 2.24) is 9.55 Å². The summed E-state index contributed by atoms with van der Waals surface area (Å²) in [6.45, 7) is 0.183. The average molecular weight is 297 g/mol. The summed E-state index contributed by atoms with van der Waals surface area (Å²) in [6, 6.07) is 13.4. The molecule has 3 aromatic rings. The SMILES string of the molecule is CN(CC(=O)c1ccc(F)cc1)c1nc2ccccc2n1C. The minimum atomic E-state index is -0.347. The molecule has 0 fully saturated rings. The van der Waals surface area contributed by atoms with Gasteiger partial charge in [-0.15, -0.1) is 0 Å². The maximum atomic E-state index is 12.9. The van der Waals surface area contributed by atoms with E-state index < -0.39 is 0 Å². The van der Waals surface area contributed by atoms with Gasteiger partial charge in [0, 0.05) is 19.7 Å². The number of carbonyl (C=O) groups is 1. The molecule has 0 amide bonds. The second kappa shape index (κ2) is 5.60. The van der Waals surface area contributed by atoms with E-state index in [2.05, 4.69) is 4.98 Å². The van der Waals surface area contributed by atoms with Crippen LogP contribution in [0.25, 0.3) is 11.0 Å². The molecule has 0 N–H and O–H groups in total. The summed E-state index contributed by atoms with van der Waals surface area (Å²) in [7, 11) is 3.74. The molecule has 0 aliphatic rings. The van der Waals surface area contributed by atoms with Gasteiger partial charge in [0.25, 0.3) is 0 Å². The van der Waals surface area contributed by atoms with E-state index in [9.17, 15) is 9.18 Å². The first-order chi connectivity index (χ1) is 10.6. The molecule has 0 saturated heterocycles. The second-order valence-electron chi connectivity index (χ2n) is 5.25. The zero-order chi connectivity index (χ0) is 15.7. The second-order valence-corrected chi connectivity index (χ2v) is 5.25. The molecular weight excluding hydrogens is 281 g/mol. The first kappa shape index (κ1) is 14.3. The summed E-state index contributed by atoms with van der Waals surface area (Å²) in [4.78, 5) is 18.6. The fraction of sp³-hybridized carbons (Fsp3) is 0.176. The van der Waals surface area contributed by atoms with Gasteiger partial charge in [0.2, 0.25) is 5.95 Å². The zero-order valence-corrected chi connectivity index (χ0v) is 12.5. The molecule has 0 aliphatic carbocycles. The highest BCUT2D eigenvalue weighted by Crippen LogP contribution is 2.20. The number of ketones is 1. The van der Waals surface area contributed by atoms with Crippen LogP contribution in [0.3, 0.4) is 0 Å². The fourth-order valence-corrected chi connectivity index (χ4v) is 2.49. The number of likely N-dealkylation sites (N-methyl/N-ethyl adjacent to an activating group) is 1. The van der Waals surface area contributed by atoms with Crippen molar-refractivity contribution in [2.24, 2.45) is 7.05 Å². The summed E-state index contributed by atoms with van der Waals surface area (Å²) in [5.41, 5.74) is 2.40. The van der Waals surface area contributed by atoms with Crippen molar-refractivity contribution in [2.75, 3.05) is 18.5 Å². The molecule has 1 aromatic heterocycles. The number of hydrogen-bond acceptors (Lipinski definition) is 3. The van der Waals surface area contributed by atoms with Gasteiger partial charge in [0.15, 0.2) is 5.78 Å². The number of nitrogens with zero attached hydrogens (tertiary/aromatic N) is 3. The van der Waals surface area contributed by atoms with Crippen molar-refractivity contribution >= 4 is 22.8 Å². The Labute approximate surface area is 127 Å². The standard InChI is InChI=1S/C17H16FN3O/c1-20(11-16(22)12-7-9-13(18)10-8-12)17-19-14-5-3-4-6-15(14)21(17)2/h3-10H,11H2,1-2H3. The van der Waals surface area contributed by atoms with Crippen LogP contribution in [0.15, 0.2) is 48.5 Å². The number of rotatable bonds is 4. The number of anilines is 1. The monoisotopic (exact) mass is 297 g/mol. The van der Waals surface area contributed by atoms with Crippen LogP contribution in [0.4, 0.5) is 10.3 Å². The third-order valence-electron chi connectivity index (χ3n) is 3.65. The summed E-state index contributed by atoms with van der Waals surface area (Å²) in [5, 5.41) is 0. The molecule has 1 heterocycles. The smallest absolute Gasteiger partial charge is 0.206 e. The lowest BCUT2D eigenvalue weighted by Crippen LogP contribution is -2.27. The number of Topliss-reactive ketones (excluding diaryl/α,β-unsaturated/α-hetero) is 1. The maximum absolute atomic E-state index is 12.9. The van der Waals surface area contributed by atoms with E-state index in [4.69, 9.17) is 0 Å². The summed E-state index contributed by atoms with van der Waals surface area (Å²) in [5.74, 6) is 0.298. The van der Waals surface area contributed by atoms with Crippen molar-refractivity contribution in [3.05, 3.63) is 59.9 Å². The Bertz CT molecular complexity index is 824. The first-order valence-electron chi connectivity index (χ1n) is 6.97. The molecule has 5 heteroatoms. The fourth-order valence-electron chi connectivity index (χ4n) is 2.49. The van der Waals surface area contributed by atoms with Gasteiger partial charge < -0.3 is 9.47 Å². The lowest BCUT2D eigenvalue weighted by atomic mass is 10.1. The number of carbonyl (C=O) groups excluding carboxylic acids is 1. The van der Waals surface area contributed by atoms with Gasteiger partial charge in [-0.25, -0.2) is 9.37 Å². The number of aromatic nitrogens is 2. The molecule has 0 saturated carbocycles. The van der Waals surface area contributed by atoms with Crippen LogP contribution in [0.2, 0.25) is 0 Å². The lowest BCUT2D eigenvalue weighted by molar-refractivity contribution is 0.1000. The van der Waals surface area contributed by atoms with Crippen LogP contribution in [0, 0.1) is 5.82 Å². The first-order valence-corrected chi connectivity index (χ1v) is 6.97. The van der Waals surface area contributed by atoms with Crippen molar-refractivity contribution < 1.29 is 9.18 Å². The molecule has 112 valence electrons. The zero-order valence-electron chi connectivity index (χ0n) is 12.5. The molecular formula is C17H16FN3O. The minimum absolute atomic E-state index is 0.0745. The summed E-state index contributed by atoms with van der Waals surface area (Å²) < 4.78 is 14.9. The van der Waals surface area contributed by atoms with Gasteiger partial charge in [0.1, 0.15) is 5.82 Å². The lowest BCUT2D eigenvalue weighted by Gasteiger charge is -2.17. The van der Waals surface area contributed by atoms with Crippen LogP contribution < -0.4 is 4.90 Å². The molecule has 4 nitrogen and oxygen atoms in total. The molecule has 0 radical (unpaired) electrons. The summed E-state index contributed by atoms with van der Waals surface area (Å²) >= 11 is 0. The largest absolute Gasteiger partial charge is 0.338 e. The van der Waals surface area contributed by atoms with E-state index in [1.54, 1.807) is 4.90 Å². The Morgan fingerprint density at radius 1 is 1.18 bits per heavy atom. The molecule has 3 rings (SSSR count). The normalized spacial score (nSPS) is 10.9. The van der Waals surface area contributed by atoms with Crippen molar-refractivity contribution in [3.8, 4) is 0 Å². The van der Waals surface area contributed by atoms with E-state index in [-0.39, 0.29) is 18.1 Å². The van der Waals surface area contributed by atoms with Crippen molar-refractivity contribution in [1.29, 1.82) is 0 Å². The van der Waals surface area contributed by atoms with E-state index in [1.807, 2.05) is 42.9 Å².